The molecule has 4 aliphatic rings. The van der Waals surface area contributed by atoms with E-state index in [1.54, 1.807) is 6.92 Å². The Hall–Kier alpha value is -3.56. The van der Waals surface area contributed by atoms with Crippen molar-refractivity contribution in [3.05, 3.63) is 28.8 Å². The first-order chi connectivity index (χ1) is 23.0. The number of hydrogen-bond acceptors (Lipinski definition) is 10. The van der Waals surface area contributed by atoms with Crippen LogP contribution >= 0.6 is 0 Å². The molecule has 3 aromatic rings. The molecule has 15 heteroatoms. The Kier molecular flexibility index (Phi) is 8.96. The van der Waals surface area contributed by atoms with Crippen LogP contribution in [0.25, 0.3) is 22.2 Å². The maximum absolute atomic E-state index is 16.9. The highest BCUT2D eigenvalue weighted by atomic mass is 19.4. The van der Waals surface area contributed by atoms with Crippen molar-refractivity contribution in [2.75, 3.05) is 50.5 Å². The van der Waals surface area contributed by atoms with Gasteiger partial charge in [-0.05, 0) is 64.0 Å². The summed E-state index contributed by atoms with van der Waals surface area (Å²) in [5.41, 5.74) is 1.87. The van der Waals surface area contributed by atoms with E-state index in [2.05, 4.69) is 30.5 Å². The number of alkyl halides is 3. The summed E-state index contributed by atoms with van der Waals surface area (Å²) in [5.74, 6) is -2.93. The lowest BCUT2D eigenvalue weighted by Gasteiger charge is -2.33. The molecule has 3 aliphatic heterocycles. The third-order valence-electron chi connectivity index (χ3n) is 9.87. The lowest BCUT2D eigenvalue weighted by Crippen LogP contribution is -2.46. The van der Waals surface area contributed by atoms with Crippen molar-refractivity contribution in [2.45, 2.75) is 88.7 Å². The maximum Gasteiger partial charge on any atom is 0.417 e. The molecule has 1 aromatic carbocycles. The van der Waals surface area contributed by atoms with E-state index in [9.17, 15) is 13.2 Å². The smallest absolute Gasteiger partial charge is 0.417 e. The first-order valence-corrected chi connectivity index (χ1v) is 16.7. The fourth-order valence-corrected chi connectivity index (χ4v) is 7.14. The normalized spacial score (nSPS) is 25.2. The standard InChI is InChI=1S/C33H40F5N7O3/c1-3-18-13-41-30-24-29(43-32(44-30)47-15-20-7-6-19-14-46-11-10-45(19)20)27(35)28(42-31(24)48-16(2)8-9-40-18)21-12-22(39)26(34)23(17-4-5-17)25(21)33(36,37)38/h12,16-20,40H,3-11,13-15,39H2,1-2H3,(H,41,43,44)/t16-,18?,19-,20-/m0/s1. The average molecular weight is 678 g/mol. The predicted molar refractivity (Wildman–Crippen MR) is 169 cm³/mol. The SMILES string of the molecule is CCC1CNc2nc(OC[C@@H]3CC[C@H]4COCCN43)nc3c(F)c(-c4cc(N)c(F)c(C5CC5)c4C(F)(F)F)nc(c23)O[C@@H](C)CCN1. The van der Waals surface area contributed by atoms with E-state index in [0.29, 0.717) is 51.6 Å². The number of benzene rings is 1. The summed E-state index contributed by atoms with van der Waals surface area (Å²) in [5, 5.41) is 6.81. The quantitative estimate of drug-likeness (QED) is 0.223. The number of fused-ring (bicyclic) bond motifs is 1. The number of nitrogens with zero attached hydrogens (tertiary/aromatic N) is 4. The van der Waals surface area contributed by atoms with Gasteiger partial charge in [-0.1, -0.05) is 6.92 Å². The van der Waals surface area contributed by atoms with E-state index in [-0.39, 0.29) is 47.3 Å². The van der Waals surface area contributed by atoms with Crippen molar-refractivity contribution >= 4 is 22.4 Å². The Labute approximate surface area is 274 Å². The number of nitrogen functional groups attached to an aromatic ring is 1. The van der Waals surface area contributed by atoms with E-state index < -0.39 is 57.9 Å². The van der Waals surface area contributed by atoms with Crippen LogP contribution in [0.15, 0.2) is 6.07 Å². The Morgan fingerprint density at radius 2 is 1.90 bits per heavy atom. The van der Waals surface area contributed by atoms with Gasteiger partial charge in [0.15, 0.2) is 5.82 Å². The fraction of sp³-hybridized carbons (Fsp3) is 0.606. The molecule has 0 amide bonds. The molecule has 0 spiro atoms. The highest BCUT2D eigenvalue weighted by molar-refractivity contribution is 5.96. The van der Waals surface area contributed by atoms with Crippen LogP contribution in [0.1, 0.15) is 69.4 Å². The minimum atomic E-state index is -5.02. The van der Waals surface area contributed by atoms with Gasteiger partial charge in [0.1, 0.15) is 34.8 Å². The van der Waals surface area contributed by atoms with Crippen molar-refractivity contribution in [2.24, 2.45) is 0 Å². The number of aromatic nitrogens is 3. The molecule has 7 rings (SSSR count). The lowest BCUT2D eigenvalue weighted by molar-refractivity contribution is -0.137. The van der Waals surface area contributed by atoms with E-state index in [0.717, 1.165) is 31.9 Å². The molecule has 260 valence electrons. The van der Waals surface area contributed by atoms with E-state index >= 15 is 8.78 Å². The van der Waals surface area contributed by atoms with Gasteiger partial charge in [-0.15, -0.1) is 0 Å². The van der Waals surface area contributed by atoms with Crippen LogP contribution in [-0.2, 0) is 10.9 Å². The van der Waals surface area contributed by atoms with Crippen molar-refractivity contribution < 1.29 is 36.2 Å². The number of rotatable bonds is 6. The summed E-state index contributed by atoms with van der Waals surface area (Å²) in [6.45, 7) is 7.12. The van der Waals surface area contributed by atoms with Crippen LogP contribution in [0, 0.1) is 11.6 Å². The summed E-state index contributed by atoms with van der Waals surface area (Å²) in [6, 6.07) is 1.08. The van der Waals surface area contributed by atoms with Gasteiger partial charge in [-0.3, -0.25) is 4.90 Å². The van der Waals surface area contributed by atoms with Crippen LogP contribution in [0.3, 0.4) is 0 Å². The Morgan fingerprint density at radius 3 is 2.65 bits per heavy atom. The molecule has 0 radical (unpaired) electrons. The van der Waals surface area contributed by atoms with Crippen molar-refractivity contribution in [1.82, 2.24) is 25.2 Å². The van der Waals surface area contributed by atoms with Gasteiger partial charge in [-0.25, -0.2) is 13.8 Å². The monoisotopic (exact) mass is 677 g/mol. The first-order valence-electron chi connectivity index (χ1n) is 16.7. The molecule has 1 aliphatic carbocycles. The Bertz CT molecular complexity index is 1690. The van der Waals surface area contributed by atoms with Crippen LogP contribution < -0.4 is 25.8 Å². The number of morpholine rings is 1. The second-order valence-corrected chi connectivity index (χ2v) is 13.2. The molecule has 10 nitrogen and oxygen atoms in total. The van der Waals surface area contributed by atoms with Gasteiger partial charge in [0, 0.05) is 42.3 Å². The minimum Gasteiger partial charge on any atom is -0.474 e. The van der Waals surface area contributed by atoms with Crippen LogP contribution in [0.5, 0.6) is 11.9 Å². The van der Waals surface area contributed by atoms with E-state index in [4.69, 9.17) is 19.9 Å². The van der Waals surface area contributed by atoms with Crippen LogP contribution in [0.2, 0.25) is 0 Å². The van der Waals surface area contributed by atoms with Gasteiger partial charge < -0.3 is 30.6 Å². The van der Waals surface area contributed by atoms with E-state index in [1.165, 1.54) is 0 Å². The molecule has 0 bridgehead atoms. The average Bonchev–Trinajstić information content (AvgIpc) is 3.82. The number of anilines is 2. The summed E-state index contributed by atoms with van der Waals surface area (Å²) in [4.78, 5) is 15.8. The van der Waals surface area contributed by atoms with Gasteiger partial charge >= 0.3 is 12.2 Å². The fourth-order valence-electron chi connectivity index (χ4n) is 7.14. The number of halogens is 5. The first kappa shape index (κ1) is 33.0. The Balaban J connectivity index is 1.39. The second-order valence-electron chi connectivity index (χ2n) is 13.2. The van der Waals surface area contributed by atoms with E-state index in [1.807, 2.05) is 6.92 Å². The molecule has 3 fully saturated rings. The predicted octanol–water partition coefficient (Wildman–Crippen LogP) is 5.64. The van der Waals surface area contributed by atoms with Crippen LogP contribution in [0.4, 0.5) is 33.5 Å². The summed E-state index contributed by atoms with van der Waals surface area (Å²) >= 11 is 0. The molecule has 2 saturated heterocycles. The number of pyridine rings is 1. The van der Waals surface area contributed by atoms with Crippen molar-refractivity contribution in [1.29, 1.82) is 0 Å². The van der Waals surface area contributed by atoms with Gasteiger partial charge in [-0.2, -0.15) is 23.1 Å². The third-order valence-corrected chi connectivity index (χ3v) is 9.87. The molecule has 4 atom stereocenters. The molecule has 4 N–H and O–H groups in total. The number of nitrogens with two attached hydrogens (primary N) is 1. The number of nitrogens with one attached hydrogen (secondary N) is 2. The summed E-state index contributed by atoms with van der Waals surface area (Å²) < 4.78 is 94.3. The zero-order chi connectivity index (χ0) is 33.7. The Morgan fingerprint density at radius 1 is 1.08 bits per heavy atom. The summed E-state index contributed by atoms with van der Waals surface area (Å²) in [7, 11) is 0. The second kappa shape index (κ2) is 13.0. The maximum atomic E-state index is 16.9. The highest BCUT2D eigenvalue weighted by Gasteiger charge is 2.44. The van der Waals surface area contributed by atoms with Crippen molar-refractivity contribution in [3.63, 3.8) is 0 Å². The third kappa shape index (κ3) is 6.31. The van der Waals surface area contributed by atoms with Crippen molar-refractivity contribution in [3.8, 4) is 23.1 Å². The van der Waals surface area contributed by atoms with Gasteiger partial charge in [0.05, 0.1) is 30.6 Å². The molecular formula is C33H40F5N7O3. The molecular weight excluding hydrogens is 637 g/mol. The highest BCUT2D eigenvalue weighted by Crippen LogP contribution is 2.52. The van der Waals surface area contributed by atoms with Gasteiger partial charge in [0.2, 0.25) is 5.88 Å². The molecule has 1 unspecified atom stereocenters. The topological polar surface area (TPSA) is 120 Å². The largest absolute Gasteiger partial charge is 0.474 e. The lowest BCUT2D eigenvalue weighted by atomic mass is 9.93. The van der Waals surface area contributed by atoms with Gasteiger partial charge in [0.25, 0.3) is 0 Å². The molecule has 48 heavy (non-hydrogen) atoms. The number of hydrogen-bond donors (Lipinski definition) is 3. The van der Waals surface area contributed by atoms with Crippen LogP contribution in [-0.4, -0.2) is 83.5 Å². The zero-order valence-corrected chi connectivity index (χ0v) is 26.9. The number of ether oxygens (including phenoxy) is 3. The minimum absolute atomic E-state index is 0.0411. The molecule has 2 aromatic heterocycles. The molecule has 5 heterocycles. The molecule has 1 saturated carbocycles. The zero-order valence-electron chi connectivity index (χ0n) is 26.9. The summed E-state index contributed by atoms with van der Waals surface area (Å²) in [6.07, 6.45) is -1.59.